The molecule has 0 aliphatic heterocycles. The molecular formula is C16H21N3O4. The van der Waals surface area contributed by atoms with E-state index in [2.05, 4.69) is 20.3 Å². The first-order valence-electron chi connectivity index (χ1n) is 7.42. The Labute approximate surface area is 134 Å². The highest BCUT2D eigenvalue weighted by atomic mass is 16.5. The monoisotopic (exact) mass is 319 g/mol. The van der Waals surface area contributed by atoms with E-state index in [-0.39, 0.29) is 11.2 Å². The van der Waals surface area contributed by atoms with Crippen LogP contribution in [0.15, 0.2) is 33.4 Å². The summed E-state index contributed by atoms with van der Waals surface area (Å²) in [6.07, 6.45) is 2.07. The molecule has 2 aromatic heterocycles. The molecule has 0 aromatic carbocycles. The van der Waals surface area contributed by atoms with Crippen molar-refractivity contribution in [3.8, 4) is 0 Å². The SMILES string of the molecule is CCc1ccc(C(NC(=O)C(=O)Nc2ccon2)C(C)(C)C)o1. The van der Waals surface area contributed by atoms with E-state index >= 15 is 0 Å². The van der Waals surface area contributed by atoms with Gasteiger partial charge in [-0.05, 0) is 17.5 Å². The molecule has 0 aliphatic carbocycles. The minimum absolute atomic E-state index is 0.184. The number of aryl methyl sites for hydroxylation is 1. The summed E-state index contributed by atoms with van der Waals surface area (Å²) in [4.78, 5) is 24.1. The maximum Gasteiger partial charge on any atom is 0.314 e. The summed E-state index contributed by atoms with van der Waals surface area (Å²) >= 11 is 0. The summed E-state index contributed by atoms with van der Waals surface area (Å²) in [5, 5.41) is 8.61. The Balaban J connectivity index is 2.11. The van der Waals surface area contributed by atoms with Crippen molar-refractivity contribution in [2.75, 3.05) is 5.32 Å². The third-order valence-electron chi connectivity index (χ3n) is 3.34. The average molecular weight is 319 g/mol. The predicted molar refractivity (Wildman–Crippen MR) is 83.6 cm³/mol. The van der Waals surface area contributed by atoms with Crippen molar-refractivity contribution in [2.45, 2.75) is 40.2 Å². The number of hydrogen-bond acceptors (Lipinski definition) is 5. The van der Waals surface area contributed by atoms with E-state index in [1.807, 2.05) is 39.8 Å². The molecule has 7 heteroatoms. The van der Waals surface area contributed by atoms with Crippen LogP contribution in [-0.4, -0.2) is 17.0 Å². The summed E-state index contributed by atoms with van der Waals surface area (Å²) in [6.45, 7) is 7.86. The Hall–Kier alpha value is -2.57. The lowest BCUT2D eigenvalue weighted by Gasteiger charge is -2.29. The fourth-order valence-corrected chi connectivity index (χ4v) is 2.10. The molecule has 2 N–H and O–H groups in total. The molecule has 2 amide bonds. The normalized spacial score (nSPS) is 12.7. The third kappa shape index (κ3) is 4.21. The molecular weight excluding hydrogens is 298 g/mol. The molecule has 0 fully saturated rings. The van der Waals surface area contributed by atoms with Gasteiger partial charge in [-0.1, -0.05) is 32.9 Å². The van der Waals surface area contributed by atoms with Crippen molar-refractivity contribution >= 4 is 17.6 Å². The number of aromatic nitrogens is 1. The van der Waals surface area contributed by atoms with E-state index in [9.17, 15) is 9.59 Å². The number of carbonyl (C=O) groups excluding carboxylic acids is 2. The number of anilines is 1. The van der Waals surface area contributed by atoms with Gasteiger partial charge in [0.1, 0.15) is 17.8 Å². The van der Waals surface area contributed by atoms with Crippen molar-refractivity contribution in [3.05, 3.63) is 36.0 Å². The Morgan fingerprint density at radius 3 is 2.48 bits per heavy atom. The Morgan fingerprint density at radius 1 is 1.22 bits per heavy atom. The van der Waals surface area contributed by atoms with E-state index < -0.39 is 17.9 Å². The molecule has 124 valence electrons. The van der Waals surface area contributed by atoms with Crippen LogP contribution in [0.3, 0.4) is 0 Å². The maximum absolute atomic E-state index is 12.2. The Morgan fingerprint density at radius 2 is 1.96 bits per heavy atom. The first kappa shape index (κ1) is 16.8. The van der Waals surface area contributed by atoms with Gasteiger partial charge in [-0.15, -0.1) is 0 Å². The Bertz CT molecular complexity index is 668. The quantitative estimate of drug-likeness (QED) is 0.844. The molecule has 0 saturated heterocycles. The zero-order chi connectivity index (χ0) is 17.0. The maximum atomic E-state index is 12.2. The summed E-state index contributed by atoms with van der Waals surface area (Å²) in [6, 6.07) is 4.71. The fourth-order valence-electron chi connectivity index (χ4n) is 2.10. The number of amides is 2. The van der Waals surface area contributed by atoms with Gasteiger partial charge in [-0.25, -0.2) is 0 Å². The summed E-state index contributed by atoms with van der Waals surface area (Å²) < 4.78 is 10.3. The second kappa shape index (κ2) is 6.68. The molecule has 0 spiro atoms. The van der Waals surface area contributed by atoms with Gasteiger partial charge < -0.3 is 14.3 Å². The second-order valence-corrected chi connectivity index (χ2v) is 6.27. The number of carbonyl (C=O) groups is 2. The lowest BCUT2D eigenvalue weighted by atomic mass is 9.85. The first-order valence-corrected chi connectivity index (χ1v) is 7.42. The van der Waals surface area contributed by atoms with Crippen LogP contribution in [0.2, 0.25) is 0 Å². The fraction of sp³-hybridized carbons (Fsp3) is 0.438. The molecule has 2 aromatic rings. The molecule has 0 aliphatic rings. The van der Waals surface area contributed by atoms with Crippen LogP contribution in [0.4, 0.5) is 5.82 Å². The number of nitrogens with one attached hydrogen (secondary N) is 2. The van der Waals surface area contributed by atoms with Crippen LogP contribution in [0, 0.1) is 5.41 Å². The minimum atomic E-state index is -0.810. The molecule has 2 heterocycles. The zero-order valence-electron chi connectivity index (χ0n) is 13.7. The van der Waals surface area contributed by atoms with Crippen LogP contribution < -0.4 is 10.6 Å². The molecule has 1 atom stereocenters. The van der Waals surface area contributed by atoms with E-state index in [0.29, 0.717) is 5.76 Å². The Kier molecular flexibility index (Phi) is 4.88. The predicted octanol–water partition coefficient (Wildman–Crippen LogP) is 2.67. The highest BCUT2D eigenvalue weighted by Crippen LogP contribution is 2.33. The number of nitrogens with zero attached hydrogens (tertiary/aromatic N) is 1. The zero-order valence-corrected chi connectivity index (χ0v) is 13.7. The molecule has 7 nitrogen and oxygen atoms in total. The van der Waals surface area contributed by atoms with Gasteiger partial charge in [0.25, 0.3) is 0 Å². The lowest BCUT2D eigenvalue weighted by molar-refractivity contribution is -0.137. The largest absolute Gasteiger partial charge is 0.464 e. The van der Waals surface area contributed by atoms with Crippen molar-refractivity contribution in [3.63, 3.8) is 0 Å². The molecule has 0 saturated carbocycles. The molecule has 2 rings (SSSR count). The second-order valence-electron chi connectivity index (χ2n) is 6.27. The van der Waals surface area contributed by atoms with Gasteiger partial charge >= 0.3 is 11.8 Å². The van der Waals surface area contributed by atoms with E-state index in [1.54, 1.807) is 0 Å². The molecule has 23 heavy (non-hydrogen) atoms. The standard InChI is InChI=1S/C16H21N3O4/c1-5-10-6-7-11(23-10)13(16(2,3)4)18-15(21)14(20)17-12-8-9-22-19-12/h6-9,13H,5H2,1-4H3,(H,18,21)(H,17,19,20). The number of hydrogen-bond donors (Lipinski definition) is 2. The van der Waals surface area contributed by atoms with Gasteiger partial charge in [0.05, 0.1) is 6.04 Å². The van der Waals surface area contributed by atoms with Crippen LogP contribution in [0.25, 0.3) is 0 Å². The van der Waals surface area contributed by atoms with Crippen LogP contribution >= 0.6 is 0 Å². The molecule has 0 bridgehead atoms. The third-order valence-corrected chi connectivity index (χ3v) is 3.34. The lowest BCUT2D eigenvalue weighted by Crippen LogP contribution is -2.42. The smallest absolute Gasteiger partial charge is 0.314 e. The highest BCUT2D eigenvalue weighted by molar-refractivity contribution is 6.39. The van der Waals surface area contributed by atoms with E-state index in [1.165, 1.54) is 12.3 Å². The van der Waals surface area contributed by atoms with Crippen molar-refractivity contribution in [2.24, 2.45) is 5.41 Å². The molecule has 0 radical (unpaired) electrons. The van der Waals surface area contributed by atoms with Crippen LogP contribution in [-0.2, 0) is 16.0 Å². The summed E-state index contributed by atoms with van der Waals surface area (Å²) in [5.41, 5.74) is -0.327. The topological polar surface area (TPSA) is 97.4 Å². The number of furan rings is 1. The van der Waals surface area contributed by atoms with Gasteiger partial charge in [-0.3, -0.25) is 14.9 Å². The first-order chi connectivity index (χ1) is 10.8. The van der Waals surface area contributed by atoms with Crippen molar-refractivity contribution in [1.82, 2.24) is 10.5 Å². The highest BCUT2D eigenvalue weighted by Gasteiger charge is 2.32. The van der Waals surface area contributed by atoms with Crippen molar-refractivity contribution in [1.29, 1.82) is 0 Å². The van der Waals surface area contributed by atoms with Crippen LogP contribution in [0.1, 0.15) is 45.3 Å². The van der Waals surface area contributed by atoms with Gasteiger partial charge in [0.2, 0.25) is 0 Å². The van der Waals surface area contributed by atoms with Crippen LogP contribution in [0.5, 0.6) is 0 Å². The van der Waals surface area contributed by atoms with Crippen molar-refractivity contribution < 1.29 is 18.5 Å². The van der Waals surface area contributed by atoms with E-state index in [4.69, 9.17) is 4.42 Å². The van der Waals surface area contributed by atoms with Gasteiger partial charge in [0, 0.05) is 12.5 Å². The minimum Gasteiger partial charge on any atom is -0.464 e. The van der Waals surface area contributed by atoms with Gasteiger partial charge in [-0.2, -0.15) is 0 Å². The summed E-state index contributed by atoms with van der Waals surface area (Å²) in [7, 11) is 0. The van der Waals surface area contributed by atoms with Gasteiger partial charge in [0.15, 0.2) is 5.82 Å². The molecule has 1 unspecified atom stereocenters. The average Bonchev–Trinajstić information content (AvgIpc) is 3.14. The summed E-state index contributed by atoms with van der Waals surface area (Å²) in [5.74, 6) is 0.0639. The van der Waals surface area contributed by atoms with E-state index in [0.717, 1.165) is 12.2 Å². The number of rotatable bonds is 4.